The molecule has 2 aromatic carbocycles. The fourth-order valence-corrected chi connectivity index (χ4v) is 4.47. The lowest BCUT2D eigenvalue weighted by Crippen LogP contribution is -2.13. The van der Waals surface area contributed by atoms with Crippen LogP contribution in [0.2, 0.25) is 5.02 Å². The van der Waals surface area contributed by atoms with Crippen LogP contribution in [0.15, 0.2) is 60.8 Å². The molecule has 0 aliphatic heterocycles. The number of esters is 1. The van der Waals surface area contributed by atoms with Crippen LogP contribution >= 0.6 is 11.6 Å². The summed E-state index contributed by atoms with van der Waals surface area (Å²) < 4.78 is 11.3. The van der Waals surface area contributed by atoms with Gasteiger partial charge in [-0.2, -0.15) is 0 Å². The Morgan fingerprint density at radius 1 is 1.12 bits per heavy atom. The van der Waals surface area contributed by atoms with E-state index in [0.717, 1.165) is 37.4 Å². The molecular weight excluding hydrogens is 436 g/mol. The Kier molecular flexibility index (Phi) is 7.84. The molecule has 6 heteroatoms. The van der Waals surface area contributed by atoms with E-state index in [4.69, 9.17) is 21.1 Å². The molecule has 0 spiro atoms. The Morgan fingerprint density at radius 3 is 2.85 bits per heavy atom. The maximum atomic E-state index is 12.2. The fraction of sp³-hybridized carbons (Fsp3) is 0.333. The highest BCUT2D eigenvalue weighted by atomic mass is 35.5. The lowest BCUT2D eigenvalue weighted by molar-refractivity contribution is -0.143. The van der Waals surface area contributed by atoms with Crippen LogP contribution in [0.1, 0.15) is 47.9 Å². The largest absolute Gasteiger partial charge is 0.494 e. The average molecular weight is 465 g/mol. The number of benzene rings is 2. The molecular formula is C27H29ClN2O3. The molecule has 172 valence electrons. The molecule has 0 fully saturated rings. The zero-order chi connectivity index (χ0) is 23.0. The number of pyridine rings is 1. The number of hydrogen-bond acceptors (Lipinski definition) is 5. The van der Waals surface area contributed by atoms with Crippen LogP contribution in [0.25, 0.3) is 0 Å². The normalized spacial score (nSPS) is 14.5. The smallest absolute Gasteiger partial charge is 0.306 e. The van der Waals surface area contributed by atoms with E-state index in [-0.39, 0.29) is 11.9 Å². The van der Waals surface area contributed by atoms with Crippen molar-refractivity contribution in [1.82, 2.24) is 4.98 Å². The first-order valence-corrected chi connectivity index (χ1v) is 11.8. The van der Waals surface area contributed by atoms with Gasteiger partial charge in [-0.25, -0.2) is 4.98 Å². The molecule has 1 aromatic heterocycles. The first kappa shape index (κ1) is 23.1. The van der Waals surface area contributed by atoms with Crippen molar-refractivity contribution in [2.24, 2.45) is 0 Å². The number of nitrogens with zero attached hydrogens (tertiary/aromatic N) is 1. The van der Waals surface area contributed by atoms with Gasteiger partial charge in [-0.3, -0.25) is 4.79 Å². The van der Waals surface area contributed by atoms with Crippen molar-refractivity contribution in [2.45, 2.75) is 38.5 Å². The Balaban J connectivity index is 1.38. The highest BCUT2D eigenvalue weighted by molar-refractivity contribution is 6.30. The maximum Gasteiger partial charge on any atom is 0.306 e. The minimum Gasteiger partial charge on any atom is -0.494 e. The molecule has 0 saturated carbocycles. The van der Waals surface area contributed by atoms with Gasteiger partial charge in [0.2, 0.25) is 0 Å². The van der Waals surface area contributed by atoms with Crippen molar-refractivity contribution in [3.63, 3.8) is 0 Å². The number of hydrogen-bond donors (Lipinski definition) is 1. The molecule has 5 nitrogen and oxygen atoms in total. The van der Waals surface area contributed by atoms with Gasteiger partial charge in [-0.15, -0.1) is 0 Å². The van der Waals surface area contributed by atoms with E-state index in [1.807, 2.05) is 19.1 Å². The molecule has 0 radical (unpaired) electrons. The van der Waals surface area contributed by atoms with E-state index in [1.165, 1.54) is 22.3 Å². The Morgan fingerprint density at radius 2 is 2.00 bits per heavy atom. The minimum atomic E-state index is -0.137. The SMILES string of the molecule is CCOC(=O)C[C@@H]1Cc2ccc(OCCCNc3cc(Cl)ccn3)cc2Cc2ccccc21. The van der Waals surface area contributed by atoms with E-state index >= 15 is 0 Å². The van der Waals surface area contributed by atoms with Gasteiger partial charge < -0.3 is 14.8 Å². The number of anilines is 1. The van der Waals surface area contributed by atoms with E-state index in [1.54, 1.807) is 12.3 Å². The Bertz CT molecular complexity index is 1100. The summed E-state index contributed by atoms with van der Waals surface area (Å²) in [5.74, 6) is 1.63. The summed E-state index contributed by atoms with van der Waals surface area (Å²) in [7, 11) is 0. The highest BCUT2D eigenvalue weighted by Crippen LogP contribution is 2.35. The predicted molar refractivity (Wildman–Crippen MR) is 131 cm³/mol. The zero-order valence-corrected chi connectivity index (χ0v) is 19.6. The van der Waals surface area contributed by atoms with E-state index < -0.39 is 0 Å². The number of rotatable bonds is 9. The van der Waals surface area contributed by atoms with Gasteiger partial charge in [0.25, 0.3) is 0 Å². The molecule has 0 saturated heterocycles. The highest BCUT2D eigenvalue weighted by Gasteiger charge is 2.24. The maximum absolute atomic E-state index is 12.2. The third-order valence-corrected chi connectivity index (χ3v) is 6.09. The second kappa shape index (κ2) is 11.2. The van der Waals surface area contributed by atoms with E-state index in [9.17, 15) is 4.79 Å². The molecule has 1 aliphatic rings. The average Bonchev–Trinajstić information content (AvgIpc) is 2.95. The van der Waals surface area contributed by atoms with Crippen molar-refractivity contribution < 1.29 is 14.3 Å². The standard InChI is InChI=1S/C27H29ClN2O3/c1-2-32-27(31)17-22-14-19-8-9-24(16-21(19)15-20-6-3-4-7-25(20)22)33-13-5-11-29-26-18-23(28)10-12-30-26/h3-4,6-10,12,16,18,22H,2,5,11,13-15,17H2,1H3,(H,29,30)/t22-/m0/s1. The summed E-state index contributed by atoms with van der Waals surface area (Å²) in [6.07, 6.45) is 4.59. The van der Waals surface area contributed by atoms with Crippen molar-refractivity contribution >= 4 is 23.4 Å². The molecule has 1 atom stereocenters. The van der Waals surface area contributed by atoms with Crippen molar-refractivity contribution in [3.05, 3.63) is 88.1 Å². The van der Waals surface area contributed by atoms with Gasteiger partial charge in [0.15, 0.2) is 0 Å². The van der Waals surface area contributed by atoms with Crippen molar-refractivity contribution in [3.8, 4) is 5.75 Å². The molecule has 4 rings (SSSR count). The second-order valence-corrected chi connectivity index (χ2v) is 8.64. The van der Waals surface area contributed by atoms with Gasteiger partial charge in [-0.1, -0.05) is 41.9 Å². The predicted octanol–water partition coefficient (Wildman–Crippen LogP) is 5.80. The number of carbonyl (C=O) groups is 1. The zero-order valence-electron chi connectivity index (χ0n) is 18.9. The molecule has 1 aliphatic carbocycles. The van der Waals surface area contributed by atoms with Crippen LogP contribution in [0.3, 0.4) is 0 Å². The number of aromatic nitrogens is 1. The summed E-state index contributed by atoms with van der Waals surface area (Å²) in [5, 5.41) is 3.92. The van der Waals surface area contributed by atoms with E-state index in [2.05, 4.69) is 46.7 Å². The molecule has 0 amide bonds. The third-order valence-electron chi connectivity index (χ3n) is 5.86. The number of ether oxygens (including phenoxy) is 2. The number of fused-ring (bicyclic) bond motifs is 2. The summed E-state index contributed by atoms with van der Waals surface area (Å²) in [6, 6.07) is 18.3. The molecule has 3 aromatic rings. The number of carbonyl (C=O) groups excluding carboxylic acids is 1. The fourth-order valence-electron chi connectivity index (χ4n) is 4.31. The van der Waals surface area contributed by atoms with Gasteiger partial charge in [0.1, 0.15) is 11.6 Å². The quantitative estimate of drug-likeness (QED) is 0.320. The lowest BCUT2D eigenvalue weighted by Gasteiger charge is -2.17. The van der Waals surface area contributed by atoms with Gasteiger partial charge in [0.05, 0.1) is 19.6 Å². The number of nitrogens with one attached hydrogen (secondary N) is 1. The number of halogens is 1. The Hall–Kier alpha value is -3.05. The summed E-state index contributed by atoms with van der Waals surface area (Å²) >= 11 is 5.99. The van der Waals surface area contributed by atoms with Gasteiger partial charge in [0, 0.05) is 17.8 Å². The van der Waals surface area contributed by atoms with Crippen molar-refractivity contribution in [2.75, 3.05) is 25.1 Å². The van der Waals surface area contributed by atoms with Gasteiger partial charge in [-0.05, 0) is 78.6 Å². The molecule has 0 bridgehead atoms. The van der Waals surface area contributed by atoms with Crippen LogP contribution in [0.5, 0.6) is 5.75 Å². The minimum absolute atomic E-state index is 0.124. The summed E-state index contributed by atoms with van der Waals surface area (Å²) in [5.41, 5.74) is 5.03. The summed E-state index contributed by atoms with van der Waals surface area (Å²) in [6.45, 7) is 3.62. The second-order valence-electron chi connectivity index (χ2n) is 8.20. The van der Waals surface area contributed by atoms with Crippen molar-refractivity contribution in [1.29, 1.82) is 0 Å². The third kappa shape index (κ3) is 6.26. The van der Waals surface area contributed by atoms with Crippen LogP contribution in [-0.4, -0.2) is 30.7 Å². The first-order valence-electron chi connectivity index (χ1n) is 11.5. The van der Waals surface area contributed by atoms with Crippen LogP contribution < -0.4 is 10.1 Å². The summed E-state index contributed by atoms with van der Waals surface area (Å²) in [4.78, 5) is 16.5. The molecule has 1 heterocycles. The van der Waals surface area contributed by atoms with E-state index in [0.29, 0.717) is 24.7 Å². The van der Waals surface area contributed by atoms with Crippen LogP contribution in [0.4, 0.5) is 5.82 Å². The first-order chi connectivity index (χ1) is 16.1. The van der Waals surface area contributed by atoms with Crippen LogP contribution in [0, 0.1) is 0 Å². The Labute approximate surface area is 200 Å². The monoisotopic (exact) mass is 464 g/mol. The lowest BCUT2D eigenvalue weighted by atomic mass is 9.89. The topological polar surface area (TPSA) is 60.5 Å². The molecule has 0 unspecified atom stereocenters. The molecule has 33 heavy (non-hydrogen) atoms. The van der Waals surface area contributed by atoms with Gasteiger partial charge >= 0.3 is 5.97 Å². The molecule has 1 N–H and O–H groups in total. The van der Waals surface area contributed by atoms with Crippen LogP contribution in [-0.2, 0) is 22.4 Å².